The van der Waals surface area contributed by atoms with Crippen molar-refractivity contribution in [2.75, 3.05) is 0 Å². The van der Waals surface area contributed by atoms with Crippen LogP contribution >= 0.6 is 0 Å². The lowest BCUT2D eigenvalue weighted by atomic mass is 10.1. The lowest BCUT2D eigenvalue weighted by Crippen LogP contribution is -2.22. The maximum Gasteiger partial charge on any atom is 0.287 e. The fourth-order valence-electron chi connectivity index (χ4n) is 1.54. The number of halogens is 1. The minimum atomic E-state index is -0.460. The standard InChI is InChI=1S/C13H12FNO3/c14-11-4-3-9(6-10(11)8-16)7-15-13(17)12-2-1-5-18-12/h1-6,16H,7-8H2,(H,15,17). The van der Waals surface area contributed by atoms with Gasteiger partial charge < -0.3 is 14.8 Å². The summed E-state index contributed by atoms with van der Waals surface area (Å²) >= 11 is 0. The molecule has 0 aliphatic rings. The number of rotatable bonds is 4. The molecule has 0 atom stereocenters. The smallest absolute Gasteiger partial charge is 0.287 e. The highest BCUT2D eigenvalue weighted by molar-refractivity contribution is 5.91. The number of aliphatic hydroxyl groups excluding tert-OH is 1. The van der Waals surface area contributed by atoms with Gasteiger partial charge in [-0.1, -0.05) is 6.07 Å². The van der Waals surface area contributed by atoms with Gasteiger partial charge in [-0.2, -0.15) is 0 Å². The van der Waals surface area contributed by atoms with E-state index in [1.54, 1.807) is 18.2 Å². The molecular weight excluding hydrogens is 237 g/mol. The number of hydrogen-bond donors (Lipinski definition) is 2. The van der Waals surface area contributed by atoms with E-state index < -0.39 is 5.82 Å². The van der Waals surface area contributed by atoms with E-state index >= 15 is 0 Å². The highest BCUT2D eigenvalue weighted by Gasteiger charge is 2.08. The molecule has 2 aromatic rings. The maximum absolute atomic E-state index is 13.1. The Kier molecular flexibility index (Phi) is 3.74. The van der Waals surface area contributed by atoms with Crippen molar-refractivity contribution in [3.05, 3.63) is 59.3 Å². The molecule has 1 aromatic heterocycles. The highest BCUT2D eigenvalue weighted by atomic mass is 19.1. The number of furan rings is 1. The molecule has 1 amide bonds. The summed E-state index contributed by atoms with van der Waals surface area (Å²) in [5, 5.41) is 11.6. The van der Waals surface area contributed by atoms with Crippen molar-refractivity contribution in [3.8, 4) is 0 Å². The van der Waals surface area contributed by atoms with Crippen molar-refractivity contribution in [1.29, 1.82) is 0 Å². The summed E-state index contributed by atoms with van der Waals surface area (Å²) in [4.78, 5) is 11.6. The molecule has 0 aliphatic heterocycles. The summed E-state index contributed by atoms with van der Waals surface area (Å²) in [6.07, 6.45) is 1.41. The largest absolute Gasteiger partial charge is 0.459 e. The van der Waals surface area contributed by atoms with Crippen LogP contribution in [0.1, 0.15) is 21.7 Å². The Hall–Kier alpha value is -2.14. The van der Waals surface area contributed by atoms with Crippen LogP contribution in [0.15, 0.2) is 41.0 Å². The number of nitrogens with one attached hydrogen (secondary N) is 1. The van der Waals surface area contributed by atoms with Crippen LogP contribution in [0.5, 0.6) is 0 Å². The molecule has 5 heteroatoms. The maximum atomic E-state index is 13.1. The van der Waals surface area contributed by atoms with Gasteiger partial charge in [0.25, 0.3) is 5.91 Å². The van der Waals surface area contributed by atoms with Crippen molar-refractivity contribution < 1.29 is 18.7 Å². The van der Waals surface area contributed by atoms with Gasteiger partial charge in [0.2, 0.25) is 0 Å². The molecule has 94 valence electrons. The fourth-order valence-corrected chi connectivity index (χ4v) is 1.54. The summed E-state index contributed by atoms with van der Waals surface area (Å²) in [6.45, 7) is -0.126. The van der Waals surface area contributed by atoms with Gasteiger partial charge >= 0.3 is 0 Å². The van der Waals surface area contributed by atoms with E-state index in [0.717, 1.165) is 0 Å². The molecule has 0 saturated carbocycles. The van der Waals surface area contributed by atoms with Gasteiger partial charge in [-0.25, -0.2) is 4.39 Å². The third-order valence-electron chi connectivity index (χ3n) is 2.48. The van der Waals surface area contributed by atoms with Crippen LogP contribution < -0.4 is 5.32 Å². The first-order valence-corrected chi connectivity index (χ1v) is 5.40. The number of amides is 1. The molecule has 0 spiro atoms. The van der Waals surface area contributed by atoms with E-state index in [2.05, 4.69) is 5.32 Å². The minimum absolute atomic E-state index is 0.208. The number of hydrogen-bond acceptors (Lipinski definition) is 3. The number of aliphatic hydroxyl groups is 1. The molecule has 2 rings (SSSR count). The number of benzene rings is 1. The lowest BCUT2D eigenvalue weighted by molar-refractivity contribution is 0.0923. The van der Waals surface area contributed by atoms with Crippen molar-refractivity contribution in [2.24, 2.45) is 0 Å². The normalized spacial score (nSPS) is 10.3. The highest BCUT2D eigenvalue weighted by Crippen LogP contribution is 2.10. The van der Waals surface area contributed by atoms with Gasteiger partial charge in [-0.15, -0.1) is 0 Å². The first-order valence-electron chi connectivity index (χ1n) is 5.40. The second-order valence-corrected chi connectivity index (χ2v) is 3.74. The second-order valence-electron chi connectivity index (χ2n) is 3.74. The van der Waals surface area contributed by atoms with Crippen LogP contribution in [0.2, 0.25) is 0 Å². The Balaban J connectivity index is 2.00. The van der Waals surface area contributed by atoms with Gasteiger partial charge in [0.15, 0.2) is 5.76 Å². The third-order valence-corrected chi connectivity index (χ3v) is 2.48. The predicted octanol–water partition coefficient (Wildman–Crippen LogP) is 1.84. The zero-order valence-electron chi connectivity index (χ0n) is 9.52. The van der Waals surface area contributed by atoms with Crippen LogP contribution in [-0.2, 0) is 13.2 Å². The van der Waals surface area contributed by atoms with Crippen molar-refractivity contribution >= 4 is 5.91 Å². The average Bonchev–Trinajstić information content (AvgIpc) is 2.91. The topological polar surface area (TPSA) is 62.5 Å². The van der Waals surface area contributed by atoms with E-state index in [1.807, 2.05) is 0 Å². The van der Waals surface area contributed by atoms with Gasteiger partial charge in [-0.05, 0) is 29.8 Å². The SMILES string of the molecule is O=C(NCc1ccc(F)c(CO)c1)c1ccco1. The first-order chi connectivity index (χ1) is 8.70. The molecule has 0 unspecified atom stereocenters. The molecular formula is C13H12FNO3. The van der Waals surface area contributed by atoms with E-state index in [4.69, 9.17) is 9.52 Å². The monoisotopic (exact) mass is 249 g/mol. The Labute approximate surface area is 103 Å². The van der Waals surface area contributed by atoms with E-state index in [0.29, 0.717) is 5.56 Å². The van der Waals surface area contributed by atoms with Gasteiger partial charge in [0.05, 0.1) is 12.9 Å². The lowest BCUT2D eigenvalue weighted by Gasteiger charge is -2.06. The molecule has 4 nitrogen and oxygen atoms in total. The predicted molar refractivity (Wildman–Crippen MR) is 62.2 cm³/mol. The molecule has 1 heterocycles. The van der Waals surface area contributed by atoms with Crippen LogP contribution in [-0.4, -0.2) is 11.0 Å². The van der Waals surface area contributed by atoms with Crippen LogP contribution in [0, 0.1) is 5.82 Å². The fraction of sp³-hybridized carbons (Fsp3) is 0.154. The Morgan fingerprint density at radius 2 is 2.22 bits per heavy atom. The average molecular weight is 249 g/mol. The summed E-state index contributed by atoms with van der Waals surface area (Å²) in [7, 11) is 0. The molecule has 0 fully saturated rings. The van der Waals surface area contributed by atoms with Crippen molar-refractivity contribution in [3.63, 3.8) is 0 Å². The summed E-state index contributed by atoms with van der Waals surface area (Å²) < 4.78 is 18.1. The molecule has 0 radical (unpaired) electrons. The van der Waals surface area contributed by atoms with E-state index in [9.17, 15) is 9.18 Å². The molecule has 1 aromatic carbocycles. The Morgan fingerprint density at radius 3 is 2.89 bits per heavy atom. The Bertz CT molecular complexity index is 537. The molecule has 0 saturated heterocycles. The molecule has 0 aliphatic carbocycles. The Morgan fingerprint density at radius 1 is 1.39 bits per heavy atom. The van der Waals surface area contributed by atoms with E-state index in [-0.39, 0.29) is 30.4 Å². The van der Waals surface area contributed by atoms with Gasteiger partial charge in [0.1, 0.15) is 5.82 Å². The third kappa shape index (κ3) is 2.75. The first kappa shape index (κ1) is 12.3. The van der Waals surface area contributed by atoms with Gasteiger partial charge in [-0.3, -0.25) is 4.79 Å². The summed E-state index contributed by atoms with van der Waals surface area (Å²) in [5.41, 5.74) is 0.917. The molecule has 18 heavy (non-hydrogen) atoms. The van der Waals surface area contributed by atoms with Gasteiger partial charge in [0, 0.05) is 12.1 Å². The van der Waals surface area contributed by atoms with Crippen molar-refractivity contribution in [1.82, 2.24) is 5.32 Å². The molecule has 2 N–H and O–H groups in total. The summed E-state index contributed by atoms with van der Waals surface area (Å²) in [6, 6.07) is 7.50. The van der Waals surface area contributed by atoms with Crippen LogP contribution in [0.4, 0.5) is 4.39 Å². The zero-order chi connectivity index (χ0) is 13.0. The number of carbonyl (C=O) groups excluding carboxylic acids is 1. The zero-order valence-corrected chi connectivity index (χ0v) is 9.52. The molecule has 0 bridgehead atoms. The van der Waals surface area contributed by atoms with Crippen LogP contribution in [0.3, 0.4) is 0 Å². The second kappa shape index (κ2) is 5.46. The van der Waals surface area contributed by atoms with E-state index in [1.165, 1.54) is 18.4 Å². The number of carbonyl (C=O) groups is 1. The van der Waals surface area contributed by atoms with Crippen LogP contribution in [0.25, 0.3) is 0 Å². The minimum Gasteiger partial charge on any atom is -0.459 e. The van der Waals surface area contributed by atoms with Crippen molar-refractivity contribution in [2.45, 2.75) is 13.2 Å². The summed E-state index contributed by atoms with van der Waals surface area (Å²) in [5.74, 6) is -0.576. The quantitative estimate of drug-likeness (QED) is 0.869.